The Morgan fingerprint density at radius 2 is 1.85 bits per heavy atom. The molecular formula is C26H29N3O4S. The van der Waals surface area contributed by atoms with E-state index in [0.29, 0.717) is 16.8 Å². The molecule has 3 aromatic rings. The van der Waals surface area contributed by atoms with Gasteiger partial charge in [0.2, 0.25) is 5.78 Å². The molecule has 2 aliphatic rings. The minimum Gasteiger partial charge on any atom is -0.482 e. The van der Waals surface area contributed by atoms with E-state index in [1.165, 1.54) is 0 Å². The summed E-state index contributed by atoms with van der Waals surface area (Å²) in [5.74, 6) is 0.576. The monoisotopic (exact) mass is 479 g/mol. The first kappa shape index (κ1) is 22.8. The number of hydrogen-bond acceptors (Lipinski definition) is 6. The van der Waals surface area contributed by atoms with Gasteiger partial charge in [0, 0.05) is 31.0 Å². The Morgan fingerprint density at radius 3 is 2.53 bits per heavy atom. The van der Waals surface area contributed by atoms with Gasteiger partial charge in [-0.3, -0.25) is 9.48 Å². The highest BCUT2D eigenvalue weighted by Crippen LogP contribution is 2.50. The van der Waals surface area contributed by atoms with Crippen LogP contribution in [0.3, 0.4) is 0 Å². The van der Waals surface area contributed by atoms with Crippen molar-refractivity contribution < 1.29 is 17.9 Å². The minimum atomic E-state index is -3.44. The van der Waals surface area contributed by atoms with E-state index in [4.69, 9.17) is 9.84 Å². The van der Waals surface area contributed by atoms with Gasteiger partial charge in [-0.25, -0.2) is 8.42 Å². The summed E-state index contributed by atoms with van der Waals surface area (Å²) in [7, 11) is -1.58. The van der Waals surface area contributed by atoms with E-state index in [9.17, 15) is 13.2 Å². The van der Waals surface area contributed by atoms with E-state index in [1.54, 1.807) is 43.7 Å². The number of piperidine rings is 1. The Labute approximate surface area is 200 Å². The van der Waals surface area contributed by atoms with Crippen molar-refractivity contribution in [2.75, 3.05) is 13.1 Å². The predicted octanol–water partition coefficient (Wildman–Crippen LogP) is 3.78. The maximum Gasteiger partial charge on any atom is 0.213 e. The van der Waals surface area contributed by atoms with Gasteiger partial charge in [-0.05, 0) is 69.8 Å². The van der Waals surface area contributed by atoms with E-state index in [-0.39, 0.29) is 10.7 Å². The fraction of sp³-hybridized carbons (Fsp3) is 0.385. The third-order valence-electron chi connectivity index (χ3n) is 6.94. The van der Waals surface area contributed by atoms with Crippen LogP contribution in [-0.4, -0.2) is 42.3 Å². The van der Waals surface area contributed by atoms with Crippen molar-refractivity contribution in [3.63, 3.8) is 0 Å². The van der Waals surface area contributed by atoms with Crippen molar-refractivity contribution in [2.24, 2.45) is 7.05 Å². The normalized spacial score (nSPS) is 16.7. The summed E-state index contributed by atoms with van der Waals surface area (Å²) in [4.78, 5) is 14.1. The number of aryl methyl sites for hydroxylation is 2. The van der Waals surface area contributed by atoms with Crippen LogP contribution in [0, 0.1) is 6.92 Å². The van der Waals surface area contributed by atoms with E-state index in [0.717, 1.165) is 48.5 Å². The summed E-state index contributed by atoms with van der Waals surface area (Å²) in [5, 5.41) is 7.55. The van der Waals surface area contributed by atoms with Gasteiger partial charge < -0.3 is 10.1 Å². The highest BCUT2D eigenvalue weighted by molar-refractivity contribution is 7.92. The lowest BCUT2D eigenvalue weighted by molar-refractivity contribution is 0.0298. The van der Waals surface area contributed by atoms with Crippen LogP contribution in [-0.2, 0) is 22.5 Å². The molecule has 0 radical (unpaired) electrons. The van der Waals surface area contributed by atoms with E-state index >= 15 is 0 Å². The average molecular weight is 480 g/mol. The van der Waals surface area contributed by atoms with Crippen LogP contribution in [0.2, 0.25) is 0 Å². The van der Waals surface area contributed by atoms with Gasteiger partial charge in [0.1, 0.15) is 17.0 Å². The van der Waals surface area contributed by atoms with Gasteiger partial charge in [0.05, 0.1) is 21.4 Å². The number of hydrogen-bond donors (Lipinski definition) is 1. The SMILES string of the molecule is Cc1cc(C(=O)c2nn(C)c3c2C2(CCNCC2)Oc2ccccc2-3)ccc1S(=O)(=O)C(C)C. The number of ether oxygens (including phenoxy) is 1. The number of nitrogens with one attached hydrogen (secondary N) is 1. The zero-order valence-electron chi connectivity index (χ0n) is 19.9. The number of sulfone groups is 1. The number of benzene rings is 2. The second kappa shape index (κ2) is 8.06. The van der Waals surface area contributed by atoms with Crippen molar-refractivity contribution in [3.8, 4) is 17.0 Å². The van der Waals surface area contributed by atoms with Gasteiger partial charge in [-0.15, -0.1) is 0 Å². The highest BCUT2D eigenvalue weighted by atomic mass is 32.2. The zero-order chi connectivity index (χ0) is 24.3. The van der Waals surface area contributed by atoms with Crippen LogP contribution < -0.4 is 10.1 Å². The number of nitrogens with zero attached hydrogens (tertiary/aromatic N) is 2. The number of rotatable bonds is 4. The first-order chi connectivity index (χ1) is 16.2. The number of carbonyl (C=O) groups is 1. The molecule has 0 unspecified atom stereocenters. The van der Waals surface area contributed by atoms with Crippen molar-refractivity contribution in [3.05, 3.63) is 64.8 Å². The minimum absolute atomic E-state index is 0.227. The smallest absolute Gasteiger partial charge is 0.213 e. The van der Waals surface area contributed by atoms with Crippen LogP contribution in [0.1, 0.15) is 53.9 Å². The van der Waals surface area contributed by atoms with Crippen molar-refractivity contribution in [2.45, 2.75) is 49.4 Å². The molecule has 3 heterocycles. The summed E-state index contributed by atoms with van der Waals surface area (Å²) < 4.78 is 33.8. The molecular weight excluding hydrogens is 450 g/mol. The van der Waals surface area contributed by atoms with Crippen molar-refractivity contribution >= 4 is 15.6 Å². The summed E-state index contributed by atoms with van der Waals surface area (Å²) in [6.45, 7) is 6.61. The quantitative estimate of drug-likeness (QED) is 0.573. The van der Waals surface area contributed by atoms with E-state index in [1.807, 2.05) is 31.3 Å². The zero-order valence-corrected chi connectivity index (χ0v) is 20.7. The molecule has 1 N–H and O–H groups in total. The lowest BCUT2D eigenvalue weighted by Crippen LogP contribution is -2.46. The molecule has 0 atom stereocenters. The van der Waals surface area contributed by atoms with Crippen LogP contribution in [0.15, 0.2) is 47.4 Å². The van der Waals surface area contributed by atoms with E-state index < -0.39 is 20.7 Å². The maximum atomic E-state index is 13.8. The van der Waals surface area contributed by atoms with Gasteiger partial charge in [-0.2, -0.15) is 5.10 Å². The third kappa shape index (κ3) is 3.39. The molecule has 0 saturated carbocycles. The number of para-hydroxylation sites is 1. The number of aromatic nitrogens is 2. The Kier molecular flexibility index (Phi) is 5.41. The first-order valence-electron chi connectivity index (χ1n) is 11.6. The highest BCUT2D eigenvalue weighted by Gasteiger charge is 2.47. The second-order valence-electron chi connectivity index (χ2n) is 9.44. The van der Waals surface area contributed by atoms with Gasteiger partial charge >= 0.3 is 0 Å². The molecule has 0 aliphatic carbocycles. The molecule has 2 aromatic carbocycles. The molecule has 1 aromatic heterocycles. The Hall–Kier alpha value is -2.97. The molecule has 8 heteroatoms. The Morgan fingerprint density at radius 1 is 1.15 bits per heavy atom. The van der Waals surface area contributed by atoms with Gasteiger partial charge in [0.25, 0.3) is 0 Å². The first-order valence-corrected chi connectivity index (χ1v) is 13.2. The topological polar surface area (TPSA) is 90.3 Å². The number of ketones is 1. The summed E-state index contributed by atoms with van der Waals surface area (Å²) >= 11 is 0. The van der Waals surface area contributed by atoms with Gasteiger partial charge in [-0.1, -0.05) is 12.1 Å². The Bertz CT molecular complexity index is 1400. The maximum absolute atomic E-state index is 13.8. The molecule has 0 amide bonds. The lowest BCUT2D eigenvalue weighted by Gasteiger charge is -2.42. The third-order valence-corrected chi connectivity index (χ3v) is 9.25. The van der Waals surface area contributed by atoms with Gasteiger partial charge in [0.15, 0.2) is 9.84 Å². The molecule has 7 nitrogen and oxygen atoms in total. The predicted molar refractivity (Wildman–Crippen MR) is 130 cm³/mol. The van der Waals surface area contributed by atoms with Crippen LogP contribution >= 0.6 is 0 Å². The number of carbonyl (C=O) groups excluding carboxylic acids is 1. The van der Waals surface area contributed by atoms with Crippen molar-refractivity contribution in [1.82, 2.24) is 15.1 Å². The molecule has 1 fully saturated rings. The van der Waals surface area contributed by atoms with E-state index in [2.05, 4.69) is 5.32 Å². The van der Waals surface area contributed by atoms with Crippen LogP contribution in [0.4, 0.5) is 0 Å². The number of fused-ring (bicyclic) bond motifs is 4. The molecule has 0 bridgehead atoms. The Balaban J connectivity index is 1.66. The lowest BCUT2D eigenvalue weighted by atomic mass is 9.79. The van der Waals surface area contributed by atoms with Crippen molar-refractivity contribution in [1.29, 1.82) is 0 Å². The van der Waals surface area contributed by atoms with Crippen LogP contribution in [0.5, 0.6) is 5.75 Å². The molecule has 5 rings (SSSR count). The molecule has 2 aliphatic heterocycles. The molecule has 34 heavy (non-hydrogen) atoms. The molecule has 1 spiro atoms. The largest absolute Gasteiger partial charge is 0.482 e. The van der Waals surface area contributed by atoms with Crippen LogP contribution in [0.25, 0.3) is 11.3 Å². The summed E-state index contributed by atoms with van der Waals surface area (Å²) in [6, 6.07) is 12.7. The standard InChI is InChI=1S/C26H29N3O4S/c1-16(2)34(31,32)21-10-9-18(15-17(21)3)25(30)23-22-24(29(4)28-23)19-7-5-6-8-20(19)33-26(22)11-13-27-14-12-26/h5-10,15-16,27H,11-14H2,1-4H3. The summed E-state index contributed by atoms with van der Waals surface area (Å²) in [5.41, 5.74) is 3.37. The average Bonchev–Trinajstić information content (AvgIpc) is 3.17. The molecule has 1 saturated heterocycles. The molecule has 178 valence electrons. The second-order valence-corrected chi connectivity index (χ2v) is 11.9. The fourth-order valence-corrected chi connectivity index (χ4v) is 6.39. The summed E-state index contributed by atoms with van der Waals surface area (Å²) in [6.07, 6.45) is 1.45. The fourth-order valence-electron chi connectivity index (χ4n) is 5.12.